The molecule has 0 unspecified atom stereocenters. The van der Waals surface area contributed by atoms with Gasteiger partial charge in [-0.1, -0.05) is 15.9 Å². The van der Waals surface area contributed by atoms with Gasteiger partial charge in [0.15, 0.2) is 0 Å². The maximum Gasteiger partial charge on any atom is 0.414 e. The van der Waals surface area contributed by atoms with Crippen molar-refractivity contribution in [2.24, 2.45) is 0 Å². The maximum atomic E-state index is 11.5. The topological polar surface area (TPSA) is 29.5 Å². The van der Waals surface area contributed by atoms with Gasteiger partial charge in [0.1, 0.15) is 5.60 Å². The van der Waals surface area contributed by atoms with Crippen molar-refractivity contribution in [2.75, 3.05) is 11.9 Å². The Balaban J connectivity index is 2.64. The highest BCUT2D eigenvalue weighted by Crippen LogP contribution is 2.39. The molecular formula is C11H12BrNO2. The number of hydrogen-bond donors (Lipinski definition) is 0. The van der Waals surface area contributed by atoms with Gasteiger partial charge in [-0.2, -0.15) is 0 Å². The summed E-state index contributed by atoms with van der Waals surface area (Å²) >= 11 is 3.42. The van der Waals surface area contributed by atoms with Crippen LogP contribution in [0.4, 0.5) is 10.5 Å². The Kier molecular flexibility index (Phi) is 2.26. The number of carbonyl (C=O) groups excluding carboxylic acids is 1. The Labute approximate surface area is 97.2 Å². The van der Waals surface area contributed by atoms with Crippen molar-refractivity contribution >= 4 is 27.7 Å². The summed E-state index contributed by atoms with van der Waals surface area (Å²) in [5.41, 5.74) is 1.35. The molecule has 0 bridgehead atoms. The molecule has 2 rings (SSSR count). The molecule has 0 atom stereocenters. The Morgan fingerprint density at radius 3 is 2.73 bits per heavy atom. The second-order valence-corrected chi connectivity index (χ2v) is 5.01. The quantitative estimate of drug-likeness (QED) is 0.724. The van der Waals surface area contributed by atoms with Gasteiger partial charge in [-0.05, 0) is 32.0 Å². The van der Waals surface area contributed by atoms with Crippen LogP contribution in [0, 0.1) is 0 Å². The van der Waals surface area contributed by atoms with E-state index in [4.69, 9.17) is 4.74 Å². The van der Waals surface area contributed by atoms with Crippen LogP contribution in [0.25, 0.3) is 0 Å². The molecule has 0 saturated heterocycles. The summed E-state index contributed by atoms with van der Waals surface area (Å²) in [6, 6.07) is 5.82. The molecule has 0 aromatic heterocycles. The fraction of sp³-hybridized carbons (Fsp3) is 0.364. The number of cyclic esters (lactones) is 1. The number of anilines is 1. The molecule has 1 heterocycles. The number of ether oxygens (including phenoxy) is 1. The van der Waals surface area contributed by atoms with Gasteiger partial charge in [0.25, 0.3) is 0 Å². The van der Waals surface area contributed by atoms with Crippen LogP contribution in [-0.4, -0.2) is 13.1 Å². The summed E-state index contributed by atoms with van der Waals surface area (Å²) in [5, 5.41) is 0. The largest absolute Gasteiger partial charge is 0.438 e. The number of rotatable bonds is 0. The molecule has 15 heavy (non-hydrogen) atoms. The number of carbonyl (C=O) groups is 1. The second-order valence-electron chi connectivity index (χ2n) is 4.10. The average Bonchev–Trinajstić information content (AvgIpc) is 2.14. The monoisotopic (exact) mass is 269 g/mol. The van der Waals surface area contributed by atoms with E-state index in [1.165, 1.54) is 4.90 Å². The van der Waals surface area contributed by atoms with E-state index in [-0.39, 0.29) is 6.09 Å². The Bertz CT molecular complexity index is 429. The number of nitrogens with zero attached hydrogens (tertiary/aromatic N) is 1. The number of amides is 1. The summed E-state index contributed by atoms with van der Waals surface area (Å²) in [6.07, 6.45) is -0.310. The van der Waals surface area contributed by atoms with Crippen LogP contribution < -0.4 is 4.90 Å². The van der Waals surface area contributed by atoms with E-state index >= 15 is 0 Å². The standard InChI is InChI=1S/C11H12BrNO2/c1-11(2)8-6-7(12)4-5-9(8)13(3)10(14)15-11/h4-6H,1-3H3. The van der Waals surface area contributed by atoms with Crippen LogP contribution >= 0.6 is 15.9 Å². The summed E-state index contributed by atoms with van der Waals surface area (Å²) < 4.78 is 6.32. The minimum absolute atomic E-state index is 0.310. The van der Waals surface area contributed by atoms with Crippen LogP contribution in [0.5, 0.6) is 0 Å². The third-order valence-electron chi connectivity index (χ3n) is 2.58. The van der Waals surface area contributed by atoms with Crippen molar-refractivity contribution in [2.45, 2.75) is 19.4 Å². The summed E-state index contributed by atoms with van der Waals surface area (Å²) in [6.45, 7) is 3.78. The van der Waals surface area contributed by atoms with E-state index in [2.05, 4.69) is 15.9 Å². The zero-order valence-electron chi connectivity index (χ0n) is 8.87. The zero-order valence-corrected chi connectivity index (χ0v) is 10.5. The predicted molar refractivity (Wildman–Crippen MR) is 62.1 cm³/mol. The number of halogens is 1. The van der Waals surface area contributed by atoms with Gasteiger partial charge in [0.05, 0.1) is 5.69 Å². The van der Waals surface area contributed by atoms with Gasteiger partial charge >= 0.3 is 6.09 Å². The van der Waals surface area contributed by atoms with E-state index in [0.717, 1.165) is 15.7 Å². The van der Waals surface area contributed by atoms with Gasteiger partial charge < -0.3 is 4.74 Å². The molecule has 0 fully saturated rings. The van der Waals surface area contributed by atoms with Gasteiger partial charge in [0.2, 0.25) is 0 Å². The molecule has 3 nitrogen and oxygen atoms in total. The molecule has 1 aliphatic heterocycles. The van der Waals surface area contributed by atoms with E-state index in [1.54, 1.807) is 7.05 Å². The van der Waals surface area contributed by atoms with Crippen molar-refractivity contribution in [3.05, 3.63) is 28.2 Å². The first-order valence-corrected chi connectivity index (χ1v) is 5.48. The lowest BCUT2D eigenvalue weighted by Gasteiger charge is -2.36. The van der Waals surface area contributed by atoms with Crippen LogP contribution in [0.2, 0.25) is 0 Å². The van der Waals surface area contributed by atoms with E-state index in [0.29, 0.717) is 0 Å². The molecule has 0 radical (unpaired) electrons. The highest BCUT2D eigenvalue weighted by Gasteiger charge is 2.36. The fourth-order valence-corrected chi connectivity index (χ4v) is 2.08. The molecule has 0 N–H and O–H groups in total. The van der Waals surface area contributed by atoms with E-state index in [9.17, 15) is 4.79 Å². The number of fused-ring (bicyclic) bond motifs is 1. The van der Waals surface area contributed by atoms with Gasteiger partial charge in [-0.3, -0.25) is 4.90 Å². The Hall–Kier alpha value is -1.03. The van der Waals surface area contributed by atoms with Crippen LogP contribution in [0.15, 0.2) is 22.7 Å². The lowest BCUT2D eigenvalue weighted by Crippen LogP contribution is -2.41. The molecule has 1 amide bonds. The van der Waals surface area contributed by atoms with Crippen LogP contribution in [0.1, 0.15) is 19.4 Å². The molecule has 0 saturated carbocycles. The molecule has 80 valence electrons. The lowest BCUT2D eigenvalue weighted by molar-refractivity contribution is 0.0361. The summed E-state index contributed by atoms with van der Waals surface area (Å²) in [7, 11) is 1.71. The first-order chi connectivity index (χ1) is 6.92. The van der Waals surface area contributed by atoms with Crippen molar-refractivity contribution in [3.8, 4) is 0 Å². The number of hydrogen-bond acceptors (Lipinski definition) is 2. The Morgan fingerprint density at radius 2 is 2.07 bits per heavy atom. The molecule has 1 aromatic carbocycles. The first-order valence-electron chi connectivity index (χ1n) is 4.68. The SMILES string of the molecule is CN1C(=O)OC(C)(C)c2cc(Br)ccc21. The minimum Gasteiger partial charge on any atom is -0.438 e. The summed E-state index contributed by atoms with van der Waals surface area (Å²) in [5.74, 6) is 0. The molecule has 1 aliphatic rings. The highest BCUT2D eigenvalue weighted by molar-refractivity contribution is 9.10. The second kappa shape index (κ2) is 3.23. The third-order valence-corrected chi connectivity index (χ3v) is 3.08. The number of benzene rings is 1. The van der Waals surface area contributed by atoms with Crippen molar-refractivity contribution in [1.29, 1.82) is 0 Å². The van der Waals surface area contributed by atoms with E-state index < -0.39 is 5.60 Å². The van der Waals surface area contributed by atoms with Gasteiger partial charge in [-0.15, -0.1) is 0 Å². The van der Waals surface area contributed by atoms with Crippen LogP contribution in [0.3, 0.4) is 0 Å². The van der Waals surface area contributed by atoms with Crippen molar-refractivity contribution < 1.29 is 9.53 Å². The smallest absolute Gasteiger partial charge is 0.414 e. The Morgan fingerprint density at radius 1 is 1.40 bits per heavy atom. The van der Waals surface area contributed by atoms with Gasteiger partial charge in [0, 0.05) is 17.1 Å². The molecule has 0 spiro atoms. The molecular weight excluding hydrogens is 258 g/mol. The van der Waals surface area contributed by atoms with Crippen molar-refractivity contribution in [3.63, 3.8) is 0 Å². The third kappa shape index (κ3) is 1.63. The average molecular weight is 270 g/mol. The lowest BCUT2D eigenvalue weighted by atomic mass is 9.94. The van der Waals surface area contributed by atoms with E-state index in [1.807, 2.05) is 32.0 Å². The maximum absolute atomic E-state index is 11.5. The molecule has 1 aromatic rings. The zero-order chi connectivity index (χ0) is 11.2. The molecule has 0 aliphatic carbocycles. The van der Waals surface area contributed by atoms with Gasteiger partial charge in [-0.25, -0.2) is 4.79 Å². The summed E-state index contributed by atoms with van der Waals surface area (Å²) in [4.78, 5) is 13.1. The predicted octanol–water partition coefficient (Wildman–Crippen LogP) is 3.27. The molecule has 4 heteroatoms. The minimum atomic E-state index is -0.567. The highest BCUT2D eigenvalue weighted by atomic mass is 79.9. The first kappa shape index (κ1) is 10.5. The van der Waals surface area contributed by atoms with Crippen LogP contribution in [-0.2, 0) is 10.3 Å². The van der Waals surface area contributed by atoms with Crippen molar-refractivity contribution in [1.82, 2.24) is 0 Å². The normalized spacial score (nSPS) is 18.4. The fourth-order valence-electron chi connectivity index (χ4n) is 1.72.